The number of carboxylic acid groups (broad SMARTS) is 1. The molecule has 0 amide bonds. The summed E-state index contributed by atoms with van der Waals surface area (Å²) >= 11 is 0. The fourth-order valence-electron chi connectivity index (χ4n) is 0. The van der Waals surface area contributed by atoms with Gasteiger partial charge in [0.05, 0.1) is 0 Å². The zero-order valence-electron chi connectivity index (χ0n) is 2.83. The fraction of sp³-hybridized carbons (Fsp3) is 0.500. The molecule has 36 valence electrons. The third-order valence-corrected chi connectivity index (χ3v) is 0.221. The monoisotopic (exact) mass is 94.0 g/mol. The van der Waals surface area contributed by atoms with Crippen LogP contribution in [0.15, 0.2) is 0 Å². The van der Waals surface area contributed by atoms with Gasteiger partial charge in [0, 0.05) is 0 Å². The Kier molecular flexibility index (Phi) is 1.56. The number of aliphatic hydroxyl groups excluding tert-OH is 1. The van der Waals surface area contributed by atoms with Gasteiger partial charge in [-0.15, -0.1) is 0 Å². The predicted molar refractivity (Wildman–Crippen MR) is 15.9 cm³/mol. The summed E-state index contributed by atoms with van der Waals surface area (Å²) in [6, 6.07) is 0. The average Bonchev–Trinajstić information content (AvgIpc) is 1.36. The van der Waals surface area contributed by atoms with E-state index in [1.165, 1.54) is 0 Å². The molecule has 0 saturated carbocycles. The standard InChI is InChI=1S/C2H4O4/c3-1(4)2(5)6/h1,3-4H,(H,5,6)/i1+1,2+1. The van der Waals surface area contributed by atoms with Crippen LogP contribution in [0.1, 0.15) is 0 Å². The van der Waals surface area contributed by atoms with Gasteiger partial charge in [0.25, 0.3) is 6.29 Å². The van der Waals surface area contributed by atoms with Crippen molar-refractivity contribution in [2.75, 3.05) is 0 Å². The molecule has 0 aromatic heterocycles. The minimum Gasteiger partial charge on any atom is -0.477 e. The smallest absolute Gasteiger partial charge is 0.360 e. The molecule has 6 heavy (non-hydrogen) atoms. The Hall–Kier alpha value is -0.610. The summed E-state index contributed by atoms with van der Waals surface area (Å²) in [6.45, 7) is 0. The number of hydrogen-bond donors (Lipinski definition) is 3. The first-order valence-electron chi connectivity index (χ1n) is 1.23. The molecule has 0 unspecified atom stereocenters. The SMILES string of the molecule is O=[13C](O)[13CH](O)O. The van der Waals surface area contributed by atoms with Crippen molar-refractivity contribution in [2.45, 2.75) is 6.29 Å². The van der Waals surface area contributed by atoms with E-state index >= 15 is 0 Å². The quantitative estimate of drug-likeness (QED) is 0.269. The summed E-state index contributed by atoms with van der Waals surface area (Å²) in [7, 11) is 0. The lowest BCUT2D eigenvalue weighted by Gasteiger charge is -1.88. The lowest BCUT2D eigenvalue weighted by atomic mass is 11.6. The molecule has 0 saturated heterocycles. The third kappa shape index (κ3) is 1.68. The van der Waals surface area contributed by atoms with E-state index < -0.39 is 12.3 Å². The molecule has 0 aliphatic carbocycles. The molecule has 0 aromatic rings. The minimum atomic E-state index is -2.23. The second kappa shape index (κ2) is 1.74. The van der Waals surface area contributed by atoms with Gasteiger partial charge in [-0.05, 0) is 0 Å². The predicted octanol–water partition coefficient (Wildman–Crippen LogP) is -1.62. The first-order valence-corrected chi connectivity index (χ1v) is 1.23. The number of aliphatic hydroxyl groups is 2. The van der Waals surface area contributed by atoms with Crippen LogP contribution in [-0.4, -0.2) is 27.6 Å². The van der Waals surface area contributed by atoms with E-state index in [1.807, 2.05) is 0 Å². The maximum atomic E-state index is 9.20. The summed E-state index contributed by atoms with van der Waals surface area (Å²) in [4.78, 5) is 9.20. The molecule has 0 aromatic carbocycles. The van der Waals surface area contributed by atoms with Crippen LogP contribution in [0.2, 0.25) is 0 Å². The van der Waals surface area contributed by atoms with Crippen LogP contribution in [0.5, 0.6) is 0 Å². The first-order chi connectivity index (χ1) is 2.64. The molecule has 0 atom stereocenters. The molecular weight excluding hydrogens is 90.0 g/mol. The Morgan fingerprint density at radius 2 is 1.67 bits per heavy atom. The van der Waals surface area contributed by atoms with E-state index in [-0.39, 0.29) is 0 Å². The molecule has 0 heterocycles. The van der Waals surface area contributed by atoms with Gasteiger partial charge in [-0.25, -0.2) is 4.79 Å². The van der Waals surface area contributed by atoms with Crippen LogP contribution in [0.3, 0.4) is 0 Å². The molecule has 0 bridgehead atoms. The van der Waals surface area contributed by atoms with Gasteiger partial charge in [-0.3, -0.25) is 0 Å². The molecule has 0 rings (SSSR count). The Labute approximate surface area is 33.6 Å². The van der Waals surface area contributed by atoms with Crippen molar-refractivity contribution in [3.63, 3.8) is 0 Å². The van der Waals surface area contributed by atoms with Crippen molar-refractivity contribution in [1.29, 1.82) is 0 Å². The first kappa shape index (κ1) is 5.39. The summed E-state index contributed by atoms with van der Waals surface area (Å²) in [5.74, 6) is -1.63. The molecule has 0 aliphatic heterocycles. The molecule has 0 fully saturated rings. The second-order valence-electron chi connectivity index (χ2n) is 0.712. The molecule has 4 heteroatoms. The molecule has 0 spiro atoms. The summed E-state index contributed by atoms with van der Waals surface area (Å²) in [5.41, 5.74) is 0. The Morgan fingerprint density at radius 1 is 1.50 bits per heavy atom. The summed E-state index contributed by atoms with van der Waals surface area (Å²) < 4.78 is 0. The molecule has 0 aliphatic rings. The third-order valence-electron chi connectivity index (χ3n) is 0.221. The number of rotatable bonds is 1. The normalized spacial score (nSPS) is 9.17. The summed E-state index contributed by atoms with van der Waals surface area (Å²) in [6.07, 6.45) is -2.23. The number of hydrogen-bond acceptors (Lipinski definition) is 3. The highest BCUT2D eigenvalue weighted by molar-refractivity contribution is 5.69. The molecule has 0 radical (unpaired) electrons. The molecule has 4 nitrogen and oxygen atoms in total. The zero-order valence-corrected chi connectivity index (χ0v) is 2.83. The number of carboxylic acids is 1. The van der Waals surface area contributed by atoms with Crippen molar-refractivity contribution in [1.82, 2.24) is 0 Å². The van der Waals surface area contributed by atoms with Gasteiger partial charge in [-0.2, -0.15) is 0 Å². The van der Waals surface area contributed by atoms with E-state index in [0.29, 0.717) is 0 Å². The van der Waals surface area contributed by atoms with Crippen LogP contribution in [0.4, 0.5) is 0 Å². The number of carbonyl (C=O) groups is 1. The summed E-state index contributed by atoms with van der Waals surface area (Å²) in [5, 5.41) is 22.7. The number of aliphatic carboxylic acids is 1. The van der Waals surface area contributed by atoms with E-state index in [9.17, 15) is 4.79 Å². The van der Waals surface area contributed by atoms with Gasteiger partial charge in [0.1, 0.15) is 0 Å². The highest BCUT2D eigenvalue weighted by Crippen LogP contribution is 1.67. The van der Waals surface area contributed by atoms with Crippen molar-refractivity contribution >= 4 is 5.97 Å². The van der Waals surface area contributed by atoms with Crippen LogP contribution >= 0.6 is 0 Å². The van der Waals surface area contributed by atoms with Gasteiger partial charge in [-0.1, -0.05) is 0 Å². The van der Waals surface area contributed by atoms with Gasteiger partial charge in [0.2, 0.25) is 0 Å². The van der Waals surface area contributed by atoms with Crippen LogP contribution < -0.4 is 0 Å². The Balaban J connectivity index is 3.26. The van der Waals surface area contributed by atoms with Crippen molar-refractivity contribution in [2.24, 2.45) is 0 Å². The van der Waals surface area contributed by atoms with Crippen molar-refractivity contribution in [3.05, 3.63) is 0 Å². The minimum absolute atomic E-state index is 1.63. The Morgan fingerprint density at radius 3 is 1.67 bits per heavy atom. The topological polar surface area (TPSA) is 77.8 Å². The van der Waals surface area contributed by atoms with E-state index in [4.69, 9.17) is 15.3 Å². The van der Waals surface area contributed by atoms with Crippen molar-refractivity contribution < 1.29 is 20.1 Å². The van der Waals surface area contributed by atoms with Gasteiger partial charge < -0.3 is 15.3 Å². The van der Waals surface area contributed by atoms with Gasteiger partial charge >= 0.3 is 5.97 Å². The van der Waals surface area contributed by atoms with Crippen LogP contribution in [-0.2, 0) is 4.79 Å². The van der Waals surface area contributed by atoms with E-state index in [1.54, 1.807) is 0 Å². The average molecular weight is 94.0 g/mol. The maximum Gasteiger partial charge on any atom is 0.360 e. The highest BCUT2D eigenvalue weighted by Gasteiger charge is 2.04. The lowest BCUT2D eigenvalue weighted by Crippen LogP contribution is -2.17. The van der Waals surface area contributed by atoms with Gasteiger partial charge in [0.15, 0.2) is 0 Å². The van der Waals surface area contributed by atoms with Crippen LogP contribution in [0.25, 0.3) is 0 Å². The zero-order chi connectivity index (χ0) is 5.15. The van der Waals surface area contributed by atoms with E-state index in [0.717, 1.165) is 0 Å². The largest absolute Gasteiger partial charge is 0.477 e. The Bertz CT molecular complexity index is 56.6. The van der Waals surface area contributed by atoms with Crippen molar-refractivity contribution in [3.8, 4) is 0 Å². The maximum absolute atomic E-state index is 9.20. The second-order valence-corrected chi connectivity index (χ2v) is 0.712. The highest BCUT2D eigenvalue weighted by atomic mass is 16.7. The van der Waals surface area contributed by atoms with Crippen LogP contribution in [0, 0.1) is 0 Å². The molecule has 3 N–H and O–H groups in total. The lowest BCUT2D eigenvalue weighted by molar-refractivity contribution is -0.165. The fourth-order valence-corrected chi connectivity index (χ4v) is 0. The van der Waals surface area contributed by atoms with E-state index in [2.05, 4.69) is 0 Å². The molecular formula is C2H4O4.